The lowest BCUT2D eigenvalue weighted by Crippen LogP contribution is -2.56. The topological polar surface area (TPSA) is 46.5 Å². The van der Waals surface area contributed by atoms with Gasteiger partial charge in [-0.05, 0) is 42.4 Å². The predicted octanol–water partition coefficient (Wildman–Crippen LogP) is 2.93. The van der Waals surface area contributed by atoms with Crippen molar-refractivity contribution in [3.63, 3.8) is 0 Å². The van der Waals surface area contributed by atoms with E-state index in [2.05, 4.69) is 27.4 Å². The highest BCUT2D eigenvalue weighted by molar-refractivity contribution is 5.77. The molecule has 0 aromatic carbocycles. The van der Waals surface area contributed by atoms with Crippen LogP contribution < -0.4 is 0 Å². The maximum Gasteiger partial charge on any atom is 0.313 e. The average Bonchev–Trinajstić information content (AvgIpc) is 2.33. The molecule has 0 aromatic heterocycles. The second-order valence-corrected chi connectivity index (χ2v) is 7.09. The maximum atomic E-state index is 12.2. The van der Waals surface area contributed by atoms with E-state index in [-0.39, 0.29) is 28.8 Å². The standard InChI is InChI=1S/C16H26O3/c1-10-6-7-11-15(2,3)12(17)8-9-16(11,4)13(10)14(18)19-5/h11-13,17H,1,6-9H2,2-5H3/t11-,12-,13?,16-/m0/s1. The van der Waals surface area contributed by atoms with E-state index in [0.717, 1.165) is 31.3 Å². The minimum absolute atomic E-state index is 0.134. The molecular weight excluding hydrogens is 240 g/mol. The summed E-state index contributed by atoms with van der Waals surface area (Å²) in [5.41, 5.74) is 0.711. The molecule has 19 heavy (non-hydrogen) atoms. The normalized spacial score (nSPS) is 41.5. The number of aliphatic hydroxyl groups is 1. The van der Waals surface area contributed by atoms with E-state index >= 15 is 0 Å². The van der Waals surface area contributed by atoms with Gasteiger partial charge in [-0.1, -0.05) is 32.9 Å². The van der Waals surface area contributed by atoms with Crippen molar-refractivity contribution in [1.29, 1.82) is 0 Å². The molecular formula is C16H26O3. The number of esters is 1. The number of rotatable bonds is 1. The number of hydrogen-bond acceptors (Lipinski definition) is 3. The van der Waals surface area contributed by atoms with Gasteiger partial charge in [0.05, 0.1) is 19.1 Å². The fourth-order valence-corrected chi connectivity index (χ4v) is 4.62. The number of hydrogen-bond donors (Lipinski definition) is 1. The molecule has 4 atom stereocenters. The van der Waals surface area contributed by atoms with Gasteiger partial charge in [-0.15, -0.1) is 0 Å². The maximum absolute atomic E-state index is 12.2. The molecule has 0 aromatic rings. The van der Waals surface area contributed by atoms with Gasteiger partial charge in [0, 0.05) is 0 Å². The molecule has 2 aliphatic carbocycles. The van der Waals surface area contributed by atoms with Crippen molar-refractivity contribution in [3.8, 4) is 0 Å². The van der Waals surface area contributed by atoms with Crippen molar-refractivity contribution in [2.75, 3.05) is 7.11 Å². The largest absolute Gasteiger partial charge is 0.469 e. The second kappa shape index (κ2) is 4.62. The molecule has 0 saturated heterocycles. The Morgan fingerprint density at radius 1 is 1.37 bits per heavy atom. The van der Waals surface area contributed by atoms with E-state index in [1.165, 1.54) is 7.11 Å². The first-order valence-electron chi connectivity index (χ1n) is 7.18. The van der Waals surface area contributed by atoms with Crippen LogP contribution in [0.15, 0.2) is 12.2 Å². The van der Waals surface area contributed by atoms with E-state index in [4.69, 9.17) is 4.74 Å². The zero-order valence-electron chi connectivity index (χ0n) is 12.5. The molecule has 0 spiro atoms. The van der Waals surface area contributed by atoms with Gasteiger partial charge in [-0.2, -0.15) is 0 Å². The van der Waals surface area contributed by atoms with Crippen molar-refractivity contribution in [2.45, 2.75) is 52.6 Å². The third kappa shape index (κ3) is 2.03. The Morgan fingerprint density at radius 3 is 2.58 bits per heavy atom. The third-order valence-corrected chi connectivity index (χ3v) is 5.77. The Balaban J connectivity index is 2.42. The number of ether oxygens (including phenoxy) is 1. The van der Waals surface area contributed by atoms with Crippen molar-refractivity contribution >= 4 is 5.97 Å². The van der Waals surface area contributed by atoms with Crippen LogP contribution in [0.3, 0.4) is 0 Å². The van der Waals surface area contributed by atoms with Crippen LogP contribution >= 0.6 is 0 Å². The summed E-state index contributed by atoms with van der Waals surface area (Å²) >= 11 is 0. The molecule has 108 valence electrons. The summed E-state index contributed by atoms with van der Waals surface area (Å²) in [7, 11) is 1.45. The second-order valence-electron chi connectivity index (χ2n) is 7.09. The molecule has 1 N–H and O–H groups in total. The van der Waals surface area contributed by atoms with Crippen LogP contribution in [0, 0.1) is 22.7 Å². The van der Waals surface area contributed by atoms with Crippen LogP contribution in [0.1, 0.15) is 46.5 Å². The molecule has 0 bridgehead atoms. The van der Waals surface area contributed by atoms with Gasteiger partial charge in [0.1, 0.15) is 0 Å². The summed E-state index contributed by atoms with van der Waals surface area (Å²) in [6.45, 7) is 10.5. The Bertz CT molecular complexity index is 391. The van der Waals surface area contributed by atoms with Crippen LogP contribution in [0.4, 0.5) is 0 Å². The first kappa shape index (κ1) is 14.6. The Morgan fingerprint density at radius 2 is 2.00 bits per heavy atom. The van der Waals surface area contributed by atoms with Crippen LogP contribution in [0.25, 0.3) is 0 Å². The van der Waals surface area contributed by atoms with Gasteiger partial charge in [0.2, 0.25) is 0 Å². The smallest absolute Gasteiger partial charge is 0.313 e. The van der Waals surface area contributed by atoms with Crippen LogP contribution in [-0.2, 0) is 9.53 Å². The molecule has 0 amide bonds. The fraction of sp³-hybridized carbons (Fsp3) is 0.812. The van der Waals surface area contributed by atoms with Crippen molar-refractivity contribution in [2.24, 2.45) is 22.7 Å². The Labute approximate surface area is 116 Å². The molecule has 2 rings (SSSR count). The molecule has 3 nitrogen and oxygen atoms in total. The number of methoxy groups -OCH3 is 1. The molecule has 2 aliphatic rings. The highest BCUT2D eigenvalue weighted by Gasteiger charge is 2.58. The number of carbonyl (C=O) groups is 1. The summed E-state index contributed by atoms with van der Waals surface area (Å²) in [5, 5.41) is 10.3. The minimum Gasteiger partial charge on any atom is -0.469 e. The van der Waals surface area contributed by atoms with E-state index in [1.54, 1.807) is 0 Å². The summed E-state index contributed by atoms with van der Waals surface area (Å²) < 4.78 is 5.01. The van der Waals surface area contributed by atoms with E-state index in [1.807, 2.05) is 0 Å². The van der Waals surface area contributed by atoms with E-state index in [0.29, 0.717) is 5.92 Å². The highest BCUT2D eigenvalue weighted by Crippen LogP contribution is 2.60. The number of aliphatic hydroxyl groups excluding tert-OH is 1. The van der Waals surface area contributed by atoms with E-state index in [9.17, 15) is 9.90 Å². The molecule has 0 radical (unpaired) electrons. The average molecular weight is 266 g/mol. The molecule has 1 unspecified atom stereocenters. The monoisotopic (exact) mass is 266 g/mol. The van der Waals surface area contributed by atoms with Crippen LogP contribution in [0.5, 0.6) is 0 Å². The highest BCUT2D eigenvalue weighted by atomic mass is 16.5. The van der Waals surface area contributed by atoms with Crippen molar-refractivity contribution in [3.05, 3.63) is 12.2 Å². The molecule has 0 heterocycles. The third-order valence-electron chi connectivity index (χ3n) is 5.77. The lowest BCUT2D eigenvalue weighted by Gasteiger charge is -2.58. The van der Waals surface area contributed by atoms with Gasteiger partial charge >= 0.3 is 5.97 Å². The molecule has 0 aliphatic heterocycles. The zero-order chi connectivity index (χ0) is 14.4. The first-order chi connectivity index (χ1) is 8.75. The quantitative estimate of drug-likeness (QED) is 0.586. The molecule has 2 fully saturated rings. The van der Waals surface area contributed by atoms with Gasteiger partial charge in [-0.3, -0.25) is 4.79 Å². The summed E-state index contributed by atoms with van der Waals surface area (Å²) in [5.74, 6) is -0.0502. The van der Waals surface area contributed by atoms with E-state index < -0.39 is 0 Å². The summed E-state index contributed by atoms with van der Waals surface area (Å²) in [4.78, 5) is 12.2. The lowest BCUT2D eigenvalue weighted by molar-refractivity contribution is -0.165. The first-order valence-corrected chi connectivity index (χ1v) is 7.18. The van der Waals surface area contributed by atoms with Gasteiger partial charge in [0.25, 0.3) is 0 Å². The summed E-state index contributed by atoms with van der Waals surface area (Å²) in [6.07, 6.45) is 3.19. The van der Waals surface area contributed by atoms with Crippen LogP contribution in [-0.4, -0.2) is 24.3 Å². The SMILES string of the molecule is C=C1CC[C@H]2C(C)(C)[C@@H](O)CC[C@]2(C)C1C(=O)OC. The predicted molar refractivity (Wildman–Crippen MR) is 74.5 cm³/mol. The number of carbonyl (C=O) groups excluding carboxylic acids is 1. The van der Waals surface area contributed by atoms with Crippen molar-refractivity contribution in [1.82, 2.24) is 0 Å². The Kier molecular flexibility index (Phi) is 3.54. The van der Waals surface area contributed by atoms with Gasteiger partial charge < -0.3 is 9.84 Å². The minimum atomic E-state index is -0.282. The Hall–Kier alpha value is -0.830. The zero-order valence-corrected chi connectivity index (χ0v) is 12.5. The van der Waals surface area contributed by atoms with Crippen molar-refractivity contribution < 1.29 is 14.6 Å². The summed E-state index contributed by atoms with van der Waals surface area (Å²) in [6, 6.07) is 0. The lowest BCUT2D eigenvalue weighted by atomic mass is 9.47. The van der Waals surface area contributed by atoms with Gasteiger partial charge in [-0.25, -0.2) is 0 Å². The molecule has 3 heteroatoms. The fourth-order valence-electron chi connectivity index (χ4n) is 4.62. The molecule has 2 saturated carbocycles. The van der Waals surface area contributed by atoms with Crippen LogP contribution in [0.2, 0.25) is 0 Å². The van der Waals surface area contributed by atoms with Gasteiger partial charge in [0.15, 0.2) is 0 Å². The number of fused-ring (bicyclic) bond motifs is 1.